The van der Waals surface area contributed by atoms with Crippen LogP contribution in [0.5, 0.6) is 0 Å². The number of aromatic nitrogens is 1. The quantitative estimate of drug-likeness (QED) is 0.467. The van der Waals surface area contributed by atoms with E-state index in [1.54, 1.807) is 18.2 Å². The maximum atomic E-state index is 10.4. The molecule has 2 aromatic heterocycles. The van der Waals surface area contributed by atoms with Crippen LogP contribution in [0.1, 0.15) is 5.56 Å². The lowest BCUT2D eigenvalue weighted by molar-refractivity contribution is -0.205. The van der Waals surface area contributed by atoms with E-state index in [2.05, 4.69) is 11.1 Å². The molecule has 4 rings (SSSR count). The summed E-state index contributed by atoms with van der Waals surface area (Å²) in [6.07, 6.45) is -3.99. The first-order valence-electron chi connectivity index (χ1n) is 9.55. The van der Waals surface area contributed by atoms with E-state index < -0.39 is 36.5 Å². The number of nitriles is 1. The van der Waals surface area contributed by atoms with Crippen molar-refractivity contribution in [1.82, 2.24) is 4.98 Å². The molecule has 1 saturated heterocycles. The summed E-state index contributed by atoms with van der Waals surface area (Å²) in [5.41, 5.74) is 1.07. The first kappa shape index (κ1) is 21.5. The van der Waals surface area contributed by atoms with Crippen LogP contribution < -0.4 is 0 Å². The molecule has 3 heterocycles. The normalized spacial score (nSPS) is 25.8. The Bertz CT molecular complexity index is 1070. The second-order valence-electron chi connectivity index (χ2n) is 7.01. The third-order valence-electron chi connectivity index (χ3n) is 5.03. The molecule has 160 valence electrons. The Labute approximate surface area is 182 Å². The molecule has 4 N–H and O–H groups in total. The molecule has 1 aromatic carbocycles. The summed E-state index contributed by atoms with van der Waals surface area (Å²) in [6, 6.07) is 16.7. The van der Waals surface area contributed by atoms with Gasteiger partial charge in [0.2, 0.25) is 0 Å². The Morgan fingerprint density at radius 3 is 2.45 bits per heavy atom. The van der Waals surface area contributed by atoms with E-state index in [0.717, 1.165) is 17.3 Å². The molecule has 8 nitrogen and oxygen atoms in total. The van der Waals surface area contributed by atoms with Crippen LogP contribution in [0.2, 0.25) is 0 Å². The molecule has 5 atom stereocenters. The first-order chi connectivity index (χ1) is 15.0. The van der Waals surface area contributed by atoms with Crippen molar-refractivity contribution in [3.63, 3.8) is 0 Å². The average Bonchev–Trinajstić information content (AvgIpc) is 3.34. The molecule has 31 heavy (non-hydrogen) atoms. The molecule has 0 bridgehead atoms. The number of benzene rings is 1. The molecule has 0 unspecified atom stereocenters. The standard InChI is InChI=1S/C22H20N2O6S/c23-10-14-13(16-7-4-8-29-16)9-15(12-5-2-1-3-6-12)24-21(14)31-22-20(28)19(27)18(26)17(11-25)30-22/h1-9,17-20,22,25-28H,11H2/t17-,18+,19+,20-,22+/m1/s1. The van der Waals surface area contributed by atoms with Crippen molar-refractivity contribution >= 4 is 11.8 Å². The highest BCUT2D eigenvalue weighted by molar-refractivity contribution is 7.99. The van der Waals surface area contributed by atoms with E-state index >= 15 is 0 Å². The van der Waals surface area contributed by atoms with Crippen LogP contribution in [0, 0.1) is 11.3 Å². The summed E-state index contributed by atoms with van der Waals surface area (Å²) in [7, 11) is 0. The Morgan fingerprint density at radius 1 is 1.03 bits per heavy atom. The summed E-state index contributed by atoms with van der Waals surface area (Å²) >= 11 is 0.939. The summed E-state index contributed by atoms with van der Waals surface area (Å²) in [5.74, 6) is 0.479. The zero-order chi connectivity index (χ0) is 22.0. The van der Waals surface area contributed by atoms with Crippen molar-refractivity contribution in [1.29, 1.82) is 5.26 Å². The zero-order valence-electron chi connectivity index (χ0n) is 16.2. The predicted molar refractivity (Wildman–Crippen MR) is 112 cm³/mol. The Kier molecular flexibility index (Phi) is 6.38. The number of aliphatic hydroxyl groups is 4. The summed E-state index contributed by atoms with van der Waals surface area (Å²) < 4.78 is 11.1. The zero-order valence-corrected chi connectivity index (χ0v) is 17.0. The van der Waals surface area contributed by atoms with Gasteiger partial charge in [-0.1, -0.05) is 42.1 Å². The van der Waals surface area contributed by atoms with Gasteiger partial charge in [-0.15, -0.1) is 0 Å². The maximum absolute atomic E-state index is 10.4. The monoisotopic (exact) mass is 440 g/mol. The van der Waals surface area contributed by atoms with Crippen molar-refractivity contribution in [3.05, 3.63) is 60.4 Å². The molecule has 1 fully saturated rings. The molecular weight excluding hydrogens is 420 g/mol. The summed E-state index contributed by atoms with van der Waals surface area (Å²) in [6.45, 7) is -0.539. The number of thioether (sulfide) groups is 1. The van der Waals surface area contributed by atoms with Gasteiger partial charge >= 0.3 is 0 Å². The Morgan fingerprint density at radius 2 is 1.81 bits per heavy atom. The molecule has 3 aromatic rings. The number of ether oxygens (including phenoxy) is 1. The number of hydrogen-bond acceptors (Lipinski definition) is 9. The van der Waals surface area contributed by atoms with Crippen LogP contribution in [0.4, 0.5) is 0 Å². The fourth-order valence-corrected chi connectivity index (χ4v) is 4.52. The molecular formula is C22H20N2O6S. The topological polar surface area (TPSA) is 140 Å². The van der Waals surface area contributed by atoms with Gasteiger partial charge in [0, 0.05) is 11.1 Å². The highest BCUT2D eigenvalue weighted by atomic mass is 32.2. The number of furan rings is 1. The predicted octanol–water partition coefficient (Wildman–Crippen LogP) is 1.77. The highest BCUT2D eigenvalue weighted by Gasteiger charge is 2.44. The lowest BCUT2D eigenvalue weighted by atomic mass is 10.0. The Hall–Kier alpha value is -2.71. The third kappa shape index (κ3) is 4.22. The molecule has 0 radical (unpaired) electrons. The van der Waals surface area contributed by atoms with Crippen LogP contribution in [0.25, 0.3) is 22.6 Å². The van der Waals surface area contributed by atoms with E-state index in [1.165, 1.54) is 6.26 Å². The lowest BCUT2D eigenvalue weighted by Crippen LogP contribution is -2.57. The second kappa shape index (κ2) is 9.20. The molecule has 0 aliphatic carbocycles. The smallest absolute Gasteiger partial charge is 0.138 e. The van der Waals surface area contributed by atoms with Crippen LogP contribution >= 0.6 is 11.8 Å². The van der Waals surface area contributed by atoms with Crippen LogP contribution in [-0.4, -0.2) is 61.9 Å². The van der Waals surface area contributed by atoms with Crippen molar-refractivity contribution < 1.29 is 29.6 Å². The van der Waals surface area contributed by atoms with Crippen LogP contribution in [0.3, 0.4) is 0 Å². The molecule has 0 amide bonds. The molecule has 9 heteroatoms. The number of aliphatic hydroxyl groups excluding tert-OH is 4. The molecule has 0 saturated carbocycles. The van der Waals surface area contributed by atoms with Gasteiger partial charge in [0.05, 0.1) is 24.1 Å². The highest BCUT2D eigenvalue weighted by Crippen LogP contribution is 2.39. The minimum absolute atomic E-state index is 0.219. The van der Waals surface area contributed by atoms with E-state index in [0.29, 0.717) is 17.0 Å². The second-order valence-corrected chi connectivity index (χ2v) is 8.09. The molecule has 0 spiro atoms. The number of rotatable bonds is 5. The van der Waals surface area contributed by atoms with Crippen molar-refractivity contribution in [2.45, 2.75) is 34.9 Å². The van der Waals surface area contributed by atoms with E-state index in [4.69, 9.17) is 9.15 Å². The maximum Gasteiger partial charge on any atom is 0.138 e. The lowest BCUT2D eigenvalue weighted by Gasteiger charge is -2.39. The van der Waals surface area contributed by atoms with Crippen molar-refractivity contribution in [2.24, 2.45) is 0 Å². The number of nitrogens with zero attached hydrogens (tertiary/aromatic N) is 2. The summed E-state index contributed by atoms with van der Waals surface area (Å²) in [4.78, 5) is 4.61. The van der Waals surface area contributed by atoms with Gasteiger partial charge in [-0.2, -0.15) is 5.26 Å². The average molecular weight is 440 g/mol. The van der Waals surface area contributed by atoms with Gasteiger partial charge in [0.25, 0.3) is 0 Å². The van der Waals surface area contributed by atoms with Gasteiger partial charge in [-0.05, 0) is 18.2 Å². The fraction of sp³-hybridized carbons (Fsp3) is 0.273. The van der Waals surface area contributed by atoms with E-state index in [9.17, 15) is 25.7 Å². The fourth-order valence-electron chi connectivity index (χ4n) is 3.37. The summed E-state index contributed by atoms with van der Waals surface area (Å²) in [5, 5.41) is 50.1. The minimum atomic E-state index is -1.52. The van der Waals surface area contributed by atoms with Gasteiger partial charge in [-0.3, -0.25) is 0 Å². The molecule has 1 aliphatic rings. The van der Waals surface area contributed by atoms with Gasteiger partial charge in [0.1, 0.15) is 46.7 Å². The van der Waals surface area contributed by atoms with Gasteiger partial charge in [-0.25, -0.2) is 4.98 Å². The molecule has 1 aliphatic heterocycles. The third-order valence-corrected chi connectivity index (χ3v) is 6.17. The van der Waals surface area contributed by atoms with Crippen molar-refractivity contribution in [2.75, 3.05) is 6.61 Å². The number of hydrogen-bond donors (Lipinski definition) is 4. The Balaban J connectivity index is 1.79. The largest absolute Gasteiger partial charge is 0.464 e. The number of pyridine rings is 1. The van der Waals surface area contributed by atoms with E-state index in [-0.39, 0.29) is 10.6 Å². The van der Waals surface area contributed by atoms with Gasteiger partial charge in [0.15, 0.2) is 0 Å². The SMILES string of the molecule is N#Cc1c(-c2ccco2)cc(-c2ccccc2)nc1S[C@@H]1O[C@H](CO)[C@H](O)[C@H](O)[C@H]1O. The minimum Gasteiger partial charge on any atom is -0.464 e. The first-order valence-corrected chi connectivity index (χ1v) is 10.4. The van der Waals surface area contributed by atoms with Crippen molar-refractivity contribution in [3.8, 4) is 28.7 Å². The van der Waals surface area contributed by atoms with E-state index in [1.807, 2.05) is 30.3 Å². The van der Waals surface area contributed by atoms with Crippen LogP contribution in [-0.2, 0) is 4.74 Å². The van der Waals surface area contributed by atoms with Crippen LogP contribution in [0.15, 0.2) is 64.2 Å². The van der Waals surface area contributed by atoms with Gasteiger partial charge < -0.3 is 29.6 Å².